The quantitative estimate of drug-likeness (QED) is 0.878. The van der Waals surface area contributed by atoms with Crippen molar-refractivity contribution in [2.75, 3.05) is 16.9 Å². The Labute approximate surface area is 113 Å². The molecule has 1 amide bonds. The summed E-state index contributed by atoms with van der Waals surface area (Å²) >= 11 is 1.76. The number of anilines is 1. The van der Waals surface area contributed by atoms with Crippen molar-refractivity contribution in [3.05, 3.63) is 29.8 Å². The lowest BCUT2D eigenvalue weighted by atomic mass is 9.99. The van der Waals surface area contributed by atoms with E-state index in [0.29, 0.717) is 5.92 Å². The molecular formula is C14H20N2OS. The smallest absolute Gasteiger partial charge is 0.242 e. The molecule has 0 saturated carbocycles. The van der Waals surface area contributed by atoms with Gasteiger partial charge in [0.25, 0.3) is 0 Å². The molecule has 1 heterocycles. The zero-order valence-corrected chi connectivity index (χ0v) is 11.7. The van der Waals surface area contributed by atoms with Gasteiger partial charge >= 0.3 is 0 Å². The van der Waals surface area contributed by atoms with Crippen LogP contribution in [-0.4, -0.2) is 23.6 Å². The van der Waals surface area contributed by atoms with E-state index in [-0.39, 0.29) is 11.9 Å². The number of nitrogens with one attached hydrogen (secondary N) is 2. The third-order valence-corrected chi connectivity index (χ3v) is 4.33. The third kappa shape index (κ3) is 3.27. The summed E-state index contributed by atoms with van der Waals surface area (Å²) in [5.41, 5.74) is 2.20. The lowest BCUT2D eigenvalue weighted by molar-refractivity contribution is -0.117. The van der Waals surface area contributed by atoms with Crippen LogP contribution < -0.4 is 10.6 Å². The van der Waals surface area contributed by atoms with Crippen LogP contribution in [0, 0.1) is 0 Å². The zero-order valence-electron chi connectivity index (χ0n) is 10.9. The molecule has 98 valence electrons. The number of hydrogen-bond donors (Lipinski definition) is 2. The zero-order chi connectivity index (χ0) is 13.0. The Kier molecular flexibility index (Phi) is 4.66. The van der Waals surface area contributed by atoms with E-state index in [1.807, 2.05) is 12.1 Å². The lowest BCUT2D eigenvalue weighted by Gasteiger charge is -2.12. The van der Waals surface area contributed by atoms with Crippen molar-refractivity contribution < 1.29 is 4.79 Å². The van der Waals surface area contributed by atoms with Crippen molar-refractivity contribution in [3.63, 3.8) is 0 Å². The molecule has 0 spiro atoms. The van der Waals surface area contributed by atoms with Crippen LogP contribution in [0.15, 0.2) is 24.3 Å². The second-order valence-corrected chi connectivity index (χ2v) is 5.72. The fourth-order valence-corrected chi connectivity index (χ4v) is 2.87. The molecule has 0 radical (unpaired) electrons. The van der Waals surface area contributed by atoms with Crippen molar-refractivity contribution >= 4 is 23.4 Å². The summed E-state index contributed by atoms with van der Waals surface area (Å²) in [5.74, 6) is 2.36. The molecule has 2 unspecified atom stereocenters. The Morgan fingerprint density at radius 3 is 2.78 bits per heavy atom. The normalized spacial score (nSPS) is 20.7. The van der Waals surface area contributed by atoms with E-state index in [1.165, 1.54) is 5.56 Å². The number of amides is 1. The second-order valence-electron chi connectivity index (χ2n) is 4.69. The van der Waals surface area contributed by atoms with Crippen LogP contribution in [0.3, 0.4) is 0 Å². The summed E-state index contributed by atoms with van der Waals surface area (Å²) in [6.45, 7) is 4.40. The minimum absolute atomic E-state index is 0.0516. The summed E-state index contributed by atoms with van der Waals surface area (Å²) in [6, 6.07) is 8.12. The maximum Gasteiger partial charge on any atom is 0.242 e. The van der Waals surface area contributed by atoms with E-state index in [2.05, 4.69) is 36.6 Å². The summed E-state index contributed by atoms with van der Waals surface area (Å²) in [7, 11) is 0. The highest BCUT2D eigenvalue weighted by Gasteiger charge is 2.22. The monoisotopic (exact) mass is 264 g/mol. The Bertz CT molecular complexity index is 399. The van der Waals surface area contributed by atoms with Gasteiger partial charge in [-0.25, -0.2) is 0 Å². The Balaban J connectivity index is 1.95. The van der Waals surface area contributed by atoms with Gasteiger partial charge < -0.3 is 5.32 Å². The number of benzene rings is 1. The van der Waals surface area contributed by atoms with Crippen LogP contribution in [0.4, 0.5) is 5.69 Å². The molecule has 0 aromatic heterocycles. The maximum absolute atomic E-state index is 11.9. The third-order valence-electron chi connectivity index (χ3n) is 3.39. The highest BCUT2D eigenvalue weighted by molar-refractivity contribution is 7.99. The molecule has 3 nitrogen and oxygen atoms in total. The molecule has 1 fully saturated rings. The van der Waals surface area contributed by atoms with Crippen molar-refractivity contribution in [2.24, 2.45) is 0 Å². The first-order valence-electron chi connectivity index (χ1n) is 6.42. The summed E-state index contributed by atoms with van der Waals surface area (Å²) < 4.78 is 0. The molecule has 1 aliphatic heterocycles. The van der Waals surface area contributed by atoms with Crippen LogP contribution in [0.25, 0.3) is 0 Å². The molecule has 2 atom stereocenters. The summed E-state index contributed by atoms with van der Waals surface area (Å²) in [5, 5.41) is 6.12. The van der Waals surface area contributed by atoms with Crippen LogP contribution in [0.5, 0.6) is 0 Å². The molecule has 0 bridgehead atoms. The Morgan fingerprint density at radius 2 is 2.22 bits per heavy atom. The summed E-state index contributed by atoms with van der Waals surface area (Å²) in [4.78, 5) is 11.9. The van der Waals surface area contributed by atoms with Crippen LogP contribution >= 0.6 is 11.8 Å². The van der Waals surface area contributed by atoms with E-state index < -0.39 is 0 Å². The molecule has 4 heteroatoms. The maximum atomic E-state index is 11.9. The molecule has 1 saturated heterocycles. The molecule has 2 rings (SSSR count). The first kappa shape index (κ1) is 13.4. The summed E-state index contributed by atoms with van der Waals surface area (Å²) in [6.07, 6.45) is 1.13. The van der Waals surface area contributed by atoms with E-state index in [4.69, 9.17) is 0 Å². The Hall–Kier alpha value is -1.00. The van der Waals surface area contributed by atoms with Crippen LogP contribution in [0.1, 0.15) is 31.7 Å². The van der Waals surface area contributed by atoms with E-state index >= 15 is 0 Å². The van der Waals surface area contributed by atoms with E-state index in [9.17, 15) is 4.79 Å². The molecule has 2 N–H and O–H groups in total. The van der Waals surface area contributed by atoms with Crippen molar-refractivity contribution in [1.82, 2.24) is 5.32 Å². The molecule has 1 aliphatic rings. The second kappa shape index (κ2) is 6.25. The van der Waals surface area contributed by atoms with Gasteiger partial charge in [0.1, 0.15) is 0 Å². The van der Waals surface area contributed by atoms with Gasteiger partial charge in [-0.15, -0.1) is 11.8 Å². The van der Waals surface area contributed by atoms with E-state index in [0.717, 1.165) is 23.7 Å². The van der Waals surface area contributed by atoms with Crippen molar-refractivity contribution in [2.45, 2.75) is 32.2 Å². The number of rotatable bonds is 4. The fraction of sp³-hybridized carbons (Fsp3) is 0.500. The van der Waals surface area contributed by atoms with Gasteiger partial charge in [-0.1, -0.05) is 26.0 Å². The van der Waals surface area contributed by atoms with Crippen molar-refractivity contribution in [3.8, 4) is 0 Å². The fourth-order valence-electron chi connectivity index (χ4n) is 1.92. The molecular weight excluding hydrogens is 244 g/mol. The average molecular weight is 264 g/mol. The molecule has 1 aromatic rings. The lowest BCUT2D eigenvalue weighted by Crippen LogP contribution is -2.37. The van der Waals surface area contributed by atoms with Gasteiger partial charge in [-0.05, 0) is 30.0 Å². The average Bonchev–Trinajstić information content (AvgIpc) is 2.92. The number of carbonyl (C=O) groups excluding carboxylic acids is 1. The predicted molar refractivity (Wildman–Crippen MR) is 78.0 cm³/mol. The van der Waals surface area contributed by atoms with Crippen LogP contribution in [-0.2, 0) is 4.79 Å². The van der Waals surface area contributed by atoms with Gasteiger partial charge in [0.2, 0.25) is 5.91 Å². The minimum atomic E-state index is -0.0516. The standard InChI is InChI=1S/C14H20N2OS/c1-3-10(2)11-4-6-12(7-5-11)16-14(17)13-8-18-9-15-13/h4-7,10,13,15H,3,8-9H2,1-2H3,(H,16,17). The number of carbonyl (C=O) groups is 1. The van der Waals surface area contributed by atoms with Gasteiger partial charge in [-0.2, -0.15) is 0 Å². The Morgan fingerprint density at radius 1 is 1.50 bits per heavy atom. The van der Waals surface area contributed by atoms with Gasteiger partial charge in [-0.3, -0.25) is 10.1 Å². The van der Waals surface area contributed by atoms with Crippen molar-refractivity contribution in [1.29, 1.82) is 0 Å². The molecule has 18 heavy (non-hydrogen) atoms. The van der Waals surface area contributed by atoms with E-state index in [1.54, 1.807) is 11.8 Å². The number of thioether (sulfide) groups is 1. The minimum Gasteiger partial charge on any atom is -0.325 e. The van der Waals surface area contributed by atoms with Gasteiger partial charge in [0.15, 0.2) is 0 Å². The number of hydrogen-bond acceptors (Lipinski definition) is 3. The first-order valence-corrected chi connectivity index (χ1v) is 7.58. The van der Waals surface area contributed by atoms with Gasteiger partial charge in [0.05, 0.1) is 6.04 Å². The molecule has 1 aromatic carbocycles. The first-order chi connectivity index (χ1) is 8.70. The molecule has 0 aliphatic carbocycles. The highest BCUT2D eigenvalue weighted by Crippen LogP contribution is 2.20. The predicted octanol–water partition coefficient (Wildman–Crippen LogP) is 2.80. The van der Waals surface area contributed by atoms with Gasteiger partial charge in [0, 0.05) is 17.3 Å². The largest absolute Gasteiger partial charge is 0.325 e. The SMILES string of the molecule is CCC(C)c1ccc(NC(=O)C2CSCN2)cc1. The van der Waals surface area contributed by atoms with Crippen LogP contribution in [0.2, 0.25) is 0 Å². The highest BCUT2D eigenvalue weighted by atomic mass is 32.2. The topological polar surface area (TPSA) is 41.1 Å².